The Balaban J connectivity index is 3.14. The van der Waals surface area contributed by atoms with Crippen LogP contribution in [0, 0.1) is 0 Å². The number of nitrogens with two attached hydrogens (primary N) is 1. The van der Waals surface area contributed by atoms with Gasteiger partial charge in [-0.1, -0.05) is 18.2 Å². The number of carboxylic acids is 1. The van der Waals surface area contributed by atoms with Crippen molar-refractivity contribution in [2.75, 3.05) is 7.11 Å². The van der Waals surface area contributed by atoms with E-state index in [1.54, 1.807) is 18.2 Å². The van der Waals surface area contributed by atoms with Gasteiger partial charge >= 0.3 is 5.97 Å². The Bertz CT molecular complexity index is 407. The van der Waals surface area contributed by atoms with Crippen molar-refractivity contribution in [3.63, 3.8) is 0 Å². The molecule has 0 saturated heterocycles. The lowest BCUT2D eigenvalue weighted by molar-refractivity contribution is -0.137. The molecule has 0 aliphatic rings. The first-order valence-electron chi connectivity index (χ1n) is 5.25. The fourth-order valence-corrected chi connectivity index (χ4v) is 1.71. The molecule has 2 unspecified atom stereocenters. The lowest BCUT2D eigenvalue weighted by atomic mass is 9.98. The number of benzene rings is 1. The smallest absolute Gasteiger partial charge is 0.305 e. The molecule has 94 valence electrons. The van der Waals surface area contributed by atoms with Crippen LogP contribution in [-0.4, -0.2) is 18.2 Å². The zero-order valence-electron chi connectivity index (χ0n) is 9.81. The fourth-order valence-electron chi connectivity index (χ4n) is 1.71. The predicted octanol–water partition coefficient (Wildman–Crippen LogP) is 2.20. The Kier molecular flexibility index (Phi) is 4.45. The van der Waals surface area contributed by atoms with Gasteiger partial charge < -0.3 is 15.6 Å². The number of carboxylic acid groups (broad SMARTS) is 1. The van der Waals surface area contributed by atoms with Crippen molar-refractivity contribution >= 4 is 5.97 Å². The molecule has 1 aromatic rings. The van der Waals surface area contributed by atoms with Crippen LogP contribution in [0.2, 0.25) is 0 Å². The number of ether oxygens (including phenoxy) is 1. The highest BCUT2D eigenvalue weighted by Gasteiger charge is 2.19. The van der Waals surface area contributed by atoms with Crippen molar-refractivity contribution in [2.24, 2.45) is 5.73 Å². The molecule has 5 heteroatoms. The molecule has 0 amide bonds. The SMILES string of the molecule is COc1c(C(C)F)cccc1C(N)CC(=O)O. The van der Waals surface area contributed by atoms with E-state index in [1.807, 2.05) is 0 Å². The molecular formula is C12H16FNO3. The van der Waals surface area contributed by atoms with Gasteiger partial charge in [0, 0.05) is 17.2 Å². The minimum atomic E-state index is -1.19. The number of para-hydroxylation sites is 1. The number of alkyl halides is 1. The first kappa shape index (κ1) is 13.4. The monoisotopic (exact) mass is 241 g/mol. The van der Waals surface area contributed by atoms with Gasteiger partial charge in [0.2, 0.25) is 0 Å². The van der Waals surface area contributed by atoms with E-state index >= 15 is 0 Å². The highest BCUT2D eigenvalue weighted by molar-refractivity contribution is 5.68. The van der Waals surface area contributed by atoms with Gasteiger partial charge in [0.05, 0.1) is 13.5 Å². The van der Waals surface area contributed by atoms with E-state index < -0.39 is 18.2 Å². The van der Waals surface area contributed by atoms with E-state index in [0.717, 1.165) is 0 Å². The summed E-state index contributed by atoms with van der Waals surface area (Å²) in [6.45, 7) is 1.39. The largest absolute Gasteiger partial charge is 0.496 e. The van der Waals surface area contributed by atoms with Crippen LogP contribution in [0.5, 0.6) is 5.75 Å². The number of aliphatic carboxylic acids is 1. The summed E-state index contributed by atoms with van der Waals surface area (Å²) in [6.07, 6.45) is -1.41. The molecule has 0 aliphatic carbocycles. The third-order valence-corrected chi connectivity index (χ3v) is 2.50. The van der Waals surface area contributed by atoms with Crippen LogP contribution in [-0.2, 0) is 4.79 Å². The molecule has 2 atom stereocenters. The van der Waals surface area contributed by atoms with E-state index in [9.17, 15) is 9.18 Å². The second-order valence-corrected chi connectivity index (χ2v) is 3.79. The zero-order valence-corrected chi connectivity index (χ0v) is 9.81. The van der Waals surface area contributed by atoms with E-state index in [2.05, 4.69) is 0 Å². The topological polar surface area (TPSA) is 72.5 Å². The van der Waals surface area contributed by atoms with E-state index in [4.69, 9.17) is 15.6 Å². The molecule has 0 saturated carbocycles. The third-order valence-electron chi connectivity index (χ3n) is 2.50. The van der Waals surface area contributed by atoms with Gasteiger partial charge in [-0.15, -0.1) is 0 Å². The van der Waals surface area contributed by atoms with E-state index in [-0.39, 0.29) is 6.42 Å². The van der Waals surface area contributed by atoms with Crippen molar-refractivity contribution in [3.8, 4) is 5.75 Å². The number of halogens is 1. The van der Waals surface area contributed by atoms with Crippen LogP contribution < -0.4 is 10.5 Å². The van der Waals surface area contributed by atoms with Crippen molar-refractivity contribution < 1.29 is 19.0 Å². The predicted molar refractivity (Wildman–Crippen MR) is 61.7 cm³/mol. The maximum absolute atomic E-state index is 13.4. The highest BCUT2D eigenvalue weighted by Crippen LogP contribution is 2.34. The molecular weight excluding hydrogens is 225 g/mol. The van der Waals surface area contributed by atoms with Crippen LogP contribution in [0.25, 0.3) is 0 Å². The standard InChI is InChI=1S/C12H16FNO3/c1-7(13)8-4-3-5-9(12(8)17-2)10(14)6-11(15)16/h3-5,7,10H,6,14H2,1-2H3,(H,15,16). The molecule has 3 N–H and O–H groups in total. The summed E-state index contributed by atoms with van der Waals surface area (Å²) in [5, 5.41) is 8.69. The number of hydrogen-bond donors (Lipinski definition) is 2. The lowest BCUT2D eigenvalue weighted by Crippen LogP contribution is -2.16. The number of rotatable bonds is 5. The fraction of sp³-hybridized carbons (Fsp3) is 0.417. The van der Waals surface area contributed by atoms with Crippen LogP contribution in [0.4, 0.5) is 4.39 Å². The summed E-state index contributed by atoms with van der Waals surface area (Å²) in [6, 6.07) is 4.19. The minimum Gasteiger partial charge on any atom is -0.496 e. The van der Waals surface area contributed by atoms with E-state index in [0.29, 0.717) is 16.9 Å². The first-order valence-corrected chi connectivity index (χ1v) is 5.25. The summed E-state index contributed by atoms with van der Waals surface area (Å²) in [5.74, 6) is -0.672. The lowest BCUT2D eigenvalue weighted by Gasteiger charge is -2.17. The normalized spacial score (nSPS) is 14.1. The number of methoxy groups -OCH3 is 1. The van der Waals surface area contributed by atoms with Gasteiger partial charge in [0.15, 0.2) is 0 Å². The minimum absolute atomic E-state index is 0.222. The van der Waals surface area contributed by atoms with Gasteiger partial charge in [0.1, 0.15) is 11.9 Å². The summed E-state index contributed by atoms with van der Waals surface area (Å²) < 4.78 is 18.5. The molecule has 0 fully saturated rings. The Morgan fingerprint density at radius 2 is 2.12 bits per heavy atom. The first-order chi connectivity index (χ1) is 7.97. The summed E-state index contributed by atoms with van der Waals surface area (Å²) in [5.41, 5.74) is 6.65. The third kappa shape index (κ3) is 3.17. The summed E-state index contributed by atoms with van der Waals surface area (Å²) in [4.78, 5) is 10.6. The molecule has 0 aliphatic heterocycles. The molecule has 0 aromatic heterocycles. The second-order valence-electron chi connectivity index (χ2n) is 3.79. The molecule has 0 bridgehead atoms. The summed E-state index contributed by atoms with van der Waals surface area (Å²) in [7, 11) is 1.41. The van der Waals surface area contributed by atoms with Crippen LogP contribution in [0.1, 0.15) is 36.7 Å². The van der Waals surface area contributed by atoms with Gasteiger partial charge in [-0.2, -0.15) is 0 Å². The van der Waals surface area contributed by atoms with Crippen molar-refractivity contribution in [2.45, 2.75) is 25.6 Å². The Morgan fingerprint density at radius 3 is 2.59 bits per heavy atom. The molecule has 1 aromatic carbocycles. The average Bonchev–Trinajstić information content (AvgIpc) is 2.26. The molecule has 0 spiro atoms. The van der Waals surface area contributed by atoms with Gasteiger partial charge in [0.25, 0.3) is 0 Å². The molecule has 17 heavy (non-hydrogen) atoms. The maximum atomic E-state index is 13.4. The van der Waals surface area contributed by atoms with Gasteiger partial charge in [-0.25, -0.2) is 4.39 Å². The summed E-state index contributed by atoms with van der Waals surface area (Å²) >= 11 is 0. The molecule has 1 rings (SSSR count). The maximum Gasteiger partial charge on any atom is 0.305 e. The second kappa shape index (κ2) is 5.63. The number of hydrogen-bond acceptors (Lipinski definition) is 3. The highest BCUT2D eigenvalue weighted by atomic mass is 19.1. The van der Waals surface area contributed by atoms with Crippen molar-refractivity contribution in [3.05, 3.63) is 29.3 Å². The average molecular weight is 241 g/mol. The van der Waals surface area contributed by atoms with Crippen molar-refractivity contribution in [1.29, 1.82) is 0 Å². The van der Waals surface area contributed by atoms with Crippen LogP contribution in [0.3, 0.4) is 0 Å². The molecule has 0 heterocycles. The van der Waals surface area contributed by atoms with Crippen LogP contribution >= 0.6 is 0 Å². The van der Waals surface area contributed by atoms with Gasteiger partial charge in [-0.3, -0.25) is 4.79 Å². The van der Waals surface area contributed by atoms with Crippen molar-refractivity contribution in [1.82, 2.24) is 0 Å². The Morgan fingerprint density at radius 1 is 1.53 bits per heavy atom. The number of carbonyl (C=O) groups is 1. The molecule has 4 nitrogen and oxygen atoms in total. The molecule has 0 radical (unpaired) electrons. The zero-order chi connectivity index (χ0) is 13.0. The Hall–Kier alpha value is -1.62. The van der Waals surface area contributed by atoms with Gasteiger partial charge in [-0.05, 0) is 6.92 Å². The van der Waals surface area contributed by atoms with Crippen LogP contribution in [0.15, 0.2) is 18.2 Å². The quantitative estimate of drug-likeness (QED) is 0.828. The Labute approximate surface area is 99.2 Å². The van der Waals surface area contributed by atoms with E-state index in [1.165, 1.54) is 14.0 Å².